The maximum absolute atomic E-state index is 11.4. The second-order valence-corrected chi connectivity index (χ2v) is 4.23. The third kappa shape index (κ3) is 2.47. The molecule has 1 fully saturated rings. The van der Waals surface area contributed by atoms with Crippen molar-refractivity contribution in [1.82, 2.24) is 9.62 Å². The maximum Gasteiger partial charge on any atom is 0.165 e. The van der Waals surface area contributed by atoms with Crippen molar-refractivity contribution in [3.8, 4) is 0 Å². The maximum atomic E-state index is 11.4. The van der Waals surface area contributed by atoms with Crippen molar-refractivity contribution in [3.05, 3.63) is 0 Å². The molecule has 1 atom stereocenters. The van der Waals surface area contributed by atoms with Crippen LogP contribution < -0.4 is 5.32 Å². The predicted molar refractivity (Wildman–Crippen MR) is 52.2 cm³/mol. The summed E-state index contributed by atoms with van der Waals surface area (Å²) in [6, 6.07) is 0.443. The highest BCUT2D eigenvalue weighted by Crippen LogP contribution is 2.13. The fraction of sp³-hybridized carbons (Fsp3) is 0.875. The Labute approximate surface area is 78.0 Å². The van der Waals surface area contributed by atoms with E-state index in [-0.39, 0.29) is 6.04 Å². The number of nitrogens with one attached hydrogen (secondary N) is 1. The smallest absolute Gasteiger partial charge is 0.165 e. The summed E-state index contributed by atoms with van der Waals surface area (Å²) in [7, 11) is 0. The van der Waals surface area contributed by atoms with Crippen molar-refractivity contribution in [2.24, 2.45) is 0 Å². The van der Waals surface area contributed by atoms with Gasteiger partial charge in [0.05, 0.1) is 12.6 Å². The van der Waals surface area contributed by atoms with Crippen molar-refractivity contribution in [1.29, 1.82) is 0 Å². The minimum absolute atomic E-state index is 0.0532. The topological polar surface area (TPSA) is 32.3 Å². The van der Waals surface area contributed by atoms with Crippen LogP contribution in [0, 0.1) is 0 Å². The Kier molecular flexibility index (Phi) is 3.55. The standard InChI is InChI=1S/C8H16N2OS/c1-6(2)9-7-4-10(12-3)5-8(7)11/h6-7,9H,4-5H2,1-3H3/t7-/m0/s1. The molecule has 1 aliphatic heterocycles. The number of nitrogens with zero attached hydrogens (tertiary/aromatic N) is 1. The molecule has 0 saturated carbocycles. The molecule has 4 heteroatoms. The Morgan fingerprint density at radius 3 is 2.75 bits per heavy atom. The van der Waals surface area contributed by atoms with Crippen molar-refractivity contribution >= 4 is 17.7 Å². The molecule has 1 saturated heterocycles. The third-order valence-corrected chi connectivity index (χ3v) is 2.69. The van der Waals surface area contributed by atoms with E-state index < -0.39 is 0 Å². The summed E-state index contributed by atoms with van der Waals surface area (Å²) in [6.07, 6.45) is 2.00. The lowest BCUT2D eigenvalue weighted by Gasteiger charge is -2.14. The van der Waals surface area contributed by atoms with Gasteiger partial charge in [-0.2, -0.15) is 0 Å². The normalized spacial score (nSPS) is 25.7. The van der Waals surface area contributed by atoms with Crippen LogP contribution >= 0.6 is 11.9 Å². The number of hydrogen-bond acceptors (Lipinski definition) is 4. The van der Waals surface area contributed by atoms with Crippen LogP contribution in [0.2, 0.25) is 0 Å². The molecular formula is C8H16N2OS. The molecule has 70 valence electrons. The van der Waals surface area contributed by atoms with Gasteiger partial charge in [-0.3, -0.25) is 4.79 Å². The van der Waals surface area contributed by atoms with Crippen LogP contribution in [0.1, 0.15) is 13.8 Å². The van der Waals surface area contributed by atoms with E-state index in [0.717, 1.165) is 6.54 Å². The van der Waals surface area contributed by atoms with E-state index >= 15 is 0 Å². The molecule has 1 N–H and O–H groups in total. The Morgan fingerprint density at radius 2 is 2.33 bits per heavy atom. The van der Waals surface area contributed by atoms with Crippen LogP contribution in [0.3, 0.4) is 0 Å². The first-order chi connectivity index (χ1) is 5.63. The van der Waals surface area contributed by atoms with Crippen LogP contribution in [0.25, 0.3) is 0 Å². The number of carbonyl (C=O) groups is 1. The molecule has 0 amide bonds. The number of Topliss-reactive ketones (excluding diaryl/α,β-unsaturated/α-hetero) is 1. The van der Waals surface area contributed by atoms with Gasteiger partial charge in [-0.05, 0) is 6.26 Å². The van der Waals surface area contributed by atoms with Crippen LogP contribution in [0.5, 0.6) is 0 Å². The molecule has 12 heavy (non-hydrogen) atoms. The first-order valence-corrected chi connectivity index (χ1v) is 5.39. The number of hydrogen-bond donors (Lipinski definition) is 1. The number of rotatable bonds is 3. The highest BCUT2D eigenvalue weighted by molar-refractivity contribution is 7.96. The quantitative estimate of drug-likeness (QED) is 0.654. The fourth-order valence-electron chi connectivity index (χ4n) is 1.34. The highest BCUT2D eigenvalue weighted by atomic mass is 32.2. The SMILES string of the molecule is CSN1CC(=O)[C@@H](NC(C)C)C1. The highest BCUT2D eigenvalue weighted by Gasteiger charge is 2.30. The molecule has 0 aromatic rings. The lowest BCUT2D eigenvalue weighted by Crippen LogP contribution is -2.40. The lowest BCUT2D eigenvalue weighted by atomic mass is 10.2. The minimum atomic E-state index is 0.0532. The van der Waals surface area contributed by atoms with E-state index in [1.807, 2.05) is 6.26 Å². The van der Waals surface area contributed by atoms with E-state index in [1.165, 1.54) is 0 Å². The summed E-state index contributed by atoms with van der Waals surface area (Å²) in [4.78, 5) is 11.4. The minimum Gasteiger partial charge on any atom is -0.304 e. The van der Waals surface area contributed by atoms with E-state index in [2.05, 4.69) is 23.5 Å². The molecule has 0 aliphatic carbocycles. The molecule has 0 bridgehead atoms. The van der Waals surface area contributed by atoms with Crippen molar-refractivity contribution in [2.75, 3.05) is 19.3 Å². The average molecular weight is 188 g/mol. The Hall–Kier alpha value is -0.0600. The fourth-order valence-corrected chi connectivity index (χ4v) is 1.90. The summed E-state index contributed by atoms with van der Waals surface area (Å²) in [5.41, 5.74) is 0. The van der Waals surface area contributed by atoms with Gasteiger partial charge < -0.3 is 5.32 Å². The van der Waals surface area contributed by atoms with Gasteiger partial charge >= 0.3 is 0 Å². The van der Waals surface area contributed by atoms with Gasteiger partial charge in [-0.15, -0.1) is 0 Å². The van der Waals surface area contributed by atoms with Crippen molar-refractivity contribution in [2.45, 2.75) is 25.9 Å². The third-order valence-electron chi connectivity index (χ3n) is 1.90. The Bertz CT molecular complexity index is 172. The van der Waals surface area contributed by atoms with E-state index in [9.17, 15) is 4.79 Å². The van der Waals surface area contributed by atoms with Gasteiger partial charge in [-0.1, -0.05) is 25.8 Å². The Balaban J connectivity index is 2.41. The zero-order chi connectivity index (χ0) is 9.14. The summed E-state index contributed by atoms with van der Waals surface area (Å²) < 4.78 is 2.09. The molecule has 0 aromatic carbocycles. The molecule has 3 nitrogen and oxygen atoms in total. The van der Waals surface area contributed by atoms with Gasteiger partial charge in [0, 0.05) is 12.6 Å². The Morgan fingerprint density at radius 1 is 1.67 bits per heavy atom. The first-order valence-electron chi connectivity index (χ1n) is 4.21. The zero-order valence-corrected chi connectivity index (χ0v) is 8.65. The molecule has 0 aromatic heterocycles. The predicted octanol–water partition coefficient (Wildman–Crippen LogP) is 0.516. The van der Waals surface area contributed by atoms with E-state index in [4.69, 9.17) is 0 Å². The summed E-state index contributed by atoms with van der Waals surface area (Å²) >= 11 is 1.64. The van der Waals surface area contributed by atoms with Gasteiger partial charge in [-0.25, -0.2) is 4.31 Å². The van der Waals surface area contributed by atoms with Gasteiger partial charge in [0.15, 0.2) is 5.78 Å². The molecule has 1 aliphatic rings. The average Bonchev–Trinajstić information content (AvgIpc) is 2.31. The molecule has 1 rings (SSSR count). The van der Waals surface area contributed by atoms with Crippen molar-refractivity contribution in [3.63, 3.8) is 0 Å². The van der Waals surface area contributed by atoms with E-state index in [1.54, 1.807) is 11.9 Å². The largest absolute Gasteiger partial charge is 0.304 e. The number of ketones is 1. The van der Waals surface area contributed by atoms with Gasteiger partial charge in [0.1, 0.15) is 0 Å². The van der Waals surface area contributed by atoms with Crippen LogP contribution in [0.15, 0.2) is 0 Å². The van der Waals surface area contributed by atoms with Crippen LogP contribution in [-0.2, 0) is 4.79 Å². The van der Waals surface area contributed by atoms with Crippen molar-refractivity contribution < 1.29 is 4.79 Å². The monoisotopic (exact) mass is 188 g/mol. The summed E-state index contributed by atoms with van der Waals surface area (Å²) in [6.45, 7) is 5.56. The zero-order valence-electron chi connectivity index (χ0n) is 7.83. The van der Waals surface area contributed by atoms with Crippen LogP contribution in [0.4, 0.5) is 0 Å². The molecule has 1 heterocycles. The molecule has 0 spiro atoms. The van der Waals surface area contributed by atoms with Crippen LogP contribution in [-0.4, -0.2) is 41.5 Å². The van der Waals surface area contributed by atoms with E-state index in [0.29, 0.717) is 18.4 Å². The second-order valence-electron chi connectivity index (χ2n) is 3.35. The van der Waals surface area contributed by atoms with Gasteiger partial charge in [0.25, 0.3) is 0 Å². The summed E-state index contributed by atoms with van der Waals surface area (Å²) in [5.74, 6) is 0.318. The first kappa shape index (κ1) is 10.0. The molecular weight excluding hydrogens is 172 g/mol. The second kappa shape index (κ2) is 4.25. The summed E-state index contributed by atoms with van der Waals surface area (Å²) in [5, 5.41) is 3.25. The lowest BCUT2D eigenvalue weighted by molar-refractivity contribution is -0.118. The molecule has 0 radical (unpaired) electrons. The van der Waals surface area contributed by atoms with Gasteiger partial charge in [0.2, 0.25) is 0 Å². The number of carbonyl (C=O) groups excluding carboxylic acids is 1. The molecule has 0 unspecified atom stereocenters.